The Kier molecular flexibility index (Phi) is 5.02. The highest BCUT2D eigenvalue weighted by atomic mass is 16.2. The van der Waals surface area contributed by atoms with Gasteiger partial charge in [-0.3, -0.25) is 9.79 Å². The number of aliphatic imine (C=N–C) groups is 1. The summed E-state index contributed by atoms with van der Waals surface area (Å²) < 4.78 is 2.06. The number of carbonyl (C=O) groups excluding carboxylic acids is 1. The highest BCUT2D eigenvalue weighted by Gasteiger charge is 2.32. The summed E-state index contributed by atoms with van der Waals surface area (Å²) in [6.45, 7) is 13.2. The van der Waals surface area contributed by atoms with Crippen LogP contribution < -0.4 is 0 Å². The first-order chi connectivity index (χ1) is 12.4. The molecular formula is C20H25N5O. The van der Waals surface area contributed by atoms with Gasteiger partial charge in [-0.05, 0) is 39.3 Å². The average molecular weight is 351 g/mol. The van der Waals surface area contributed by atoms with Crippen LogP contribution in [-0.4, -0.2) is 37.8 Å². The zero-order chi connectivity index (χ0) is 18.8. The molecular weight excluding hydrogens is 326 g/mol. The average Bonchev–Trinajstić information content (AvgIpc) is 3.07. The zero-order valence-corrected chi connectivity index (χ0v) is 15.9. The number of aryl methyl sites for hydroxylation is 1. The summed E-state index contributed by atoms with van der Waals surface area (Å²) in [5, 5.41) is 8.66. The van der Waals surface area contributed by atoms with Gasteiger partial charge in [0.1, 0.15) is 0 Å². The third-order valence-corrected chi connectivity index (χ3v) is 4.80. The van der Waals surface area contributed by atoms with E-state index < -0.39 is 0 Å². The van der Waals surface area contributed by atoms with Crippen molar-refractivity contribution in [2.45, 2.75) is 46.7 Å². The largest absolute Gasteiger partial charge is 0.327 e. The molecule has 1 atom stereocenters. The molecule has 26 heavy (non-hydrogen) atoms. The second-order valence-corrected chi connectivity index (χ2v) is 6.69. The van der Waals surface area contributed by atoms with E-state index in [0.717, 1.165) is 35.0 Å². The van der Waals surface area contributed by atoms with Crippen LogP contribution in [0.2, 0.25) is 0 Å². The van der Waals surface area contributed by atoms with Crippen molar-refractivity contribution in [1.29, 1.82) is 0 Å². The van der Waals surface area contributed by atoms with Gasteiger partial charge in [0.15, 0.2) is 11.6 Å². The van der Waals surface area contributed by atoms with Gasteiger partial charge in [-0.25, -0.2) is 0 Å². The van der Waals surface area contributed by atoms with Crippen molar-refractivity contribution in [3.05, 3.63) is 59.3 Å². The molecule has 0 aliphatic carbocycles. The van der Waals surface area contributed by atoms with E-state index >= 15 is 0 Å². The smallest absolute Gasteiger partial charge is 0.254 e. The van der Waals surface area contributed by atoms with E-state index in [0.29, 0.717) is 18.7 Å². The number of nitrogens with zero attached hydrogens (tertiary/aromatic N) is 5. The van der Waals surface area contributed by atoms with Gasteiger partial charge in [-0.1, -0.05) is 31.2 Å². The standard InChI is InChI=1S/C20H25N5O/c1-6-14(3)21-15(4)18-22-23-19-16(5)24(11-12-25(18)19)20(26)17-9-7-13(2)8-10-17/h7-10,16H,3,6,11-12H2,1-2,4-5H3/b21-15+. The Labute approximate surface area is 154 Å². The SMILES string of the molecule is C=C(CC)/N=C(\C)c1nnc2n1CCN(C(=O)c1ccc(C)cc1)C2C. The van der Waals surface area contributed by atoms with Crippen LogP contribution >= 0.6 is 0 Å². The lowest BCUT2D eigenvalue weighted by Crippen LogP contribution is -2.41. The van der Waals surface area contributed by atoms with Crippen LogP contribution in [0.4, 0.5) is 0 Å². The second-order valence-electron chi connectivity index (χ2n) is 6.69. The lowest BCUT2D eigenvalue weighted by atomic mass is 10.1. The second kappa shape index (κ2) is 7.23. The highest BCUT2D eigenvalue weighted by Crippen LogP contribution is 2.26. The third kappa shape index (κ3) is 3.31. The van der Waals surface area contributed by atoms with Crippen molar-refractivity contribution in [2.75, 3.05) is 6.54 Å². The fourth-order valence-corrected chi connectivity index (χ4v) is 3.16. The lowest BCUT2D eigenvalue weighted by molar-refractivity contribution is 0.0637. The maximum absolute atomic E-state index is 12.9. The summed E-state index contributed by atoms with van der Waals surface area (Å²) in [5.74, 6) is 1.57. The van der Waals surface area contributed by atoms with Crippen LogP contribution in [0.15, 0.2) is 41.5 Å². The molecule has 2 heterocycles. The van der Waals surface area contributed by atoms with E-state index in [9.17, 15) is 4.79 Å². The fraction of sp³-hybridized carbons (Fsp3) is 0.400. The predicted octanol–water partition coefficient (Wildman–Crippen LogP) is 3.54. The maximum Gasteiger partial charge on any atom is 0.254 e. The highest BCUT2D eigenvalue weighted by molar-refractivity contribution is 5.96. The number of aromatic nitrogens is 3. The number of benzene rings is 1. The molecule has 136 valence electrons. The molecule has 2 aromatic rings. The van der Waals surface area contributed by atoms with E-state index in [-0.39, 0.29) is 11.9 Å². The number of allylic oxidation sites excluding steroid dienone is 1. The Morgan fingerprint density at radius 3 is 2.62 bits per heavy atom. The van der Waals surface area contributed by atoms with Crippen LogP contribution in [0.3, 0.4) is 0 Å². The maximum atomic E-state index is 12.9. The van der Waals surface area contributed by atoms with E-state index in [2.05, 4.69) is 26.3 Å². The minimum atomic E-state index is -0.138. The third-order valence-electron chi connectivity index (χ3n) is 4.80. The first-order valence-electron chi connectivity index (χ1n) is 8.96. The van der Waals surface area contributed by atoms with Gasteiger partial charge in [0.25, 0.3) is 5.91 Å². The van der Waals surface area contributed by atoms with E-state index in [1.54, 1.807) is 0 Å². The van der Waals surface area contributed by atoms with Crippen LogP contribution in [0, 0.1) is 6.92 Å². The molecule has 0 N–H and O–H groups in total. The van der Waals surface area contributed by atoms with Crippen LogP contribution in [0.1, 0.15) is 60.8 Å². The molecule has 1 aliphatic rings. The van der Waals surface area contributed by atoms with Gasteiger partial charge in [0, 0.05) is 24.4 Å². The monoisotopic (exact) mass is 351 g/mol. The van der Waals surface area contributed by atoms with Gasteiger partial charge in [-0.15, -0.1) is 10.2 Å². The summed E-state index contributed by atoms with van der Waals surface area (Å²) >= 11 is 0. The number of amides is 1. The molecule has 1 aromatic heterocycles. The Balaban J connectivity index is 1.86. The first kappa shape index (κ1) is 18.0. The Hall–Kier alpha value is -2.76. The van der Waals surface area contributed by atoms with Gasteiger partial charge in [0.2, 0.25) is 0 Å². The minimum absolute atomic E-state index is 0.0260. The van der Waals surface area contributed by atoms with Crippen LogP contribution in [0.5, 0.6) is 0 Å². The van der Waals surface area contributed by atoms with Gasteiger partial charge < -0.3 is 9.47 Å². The molecule has 0 bridgehead atoms. The molecule has 0 spiro atoms. The Morgan fingerprint density at radius 1 is 1.27 bits per heavy atom. The quantitative estimate of drug-likeness (QED) is 0.792. The van der Waals surface area contributed by atoms with E-state index in [1.807, 2.05) is 56.9 Å². The summed E-state index contributed by atoms with van der Waals surface area (Å²) in [5.41, 5.74) is 3.47. The fourth-order valence-electron chi connectivity index (χ4n) is 3.16. The van der Waals surface area contributed by atoms with Crippen LogP contribution in [-0.2, 0) is 6.54 Å². The zero-order valence-electron chi connectivity index (χ0n) is 15.9. The molecule has 0 saturated carbocycles. The predicted molar refractivity (Wildman–Crippen MR) is 102 cm³/mol. The molecule has 1 aliphatic heterocycles. The molecule has 6 nitrogen and oxygen atoms in total. The van der Waals surface area contributed by atoms with Crippen molar-refractivity contribution < 1.29 is 4.79 Å². The van der Waals surface area contributed by atoms with Crippen molar-refractivity contribution in [3.8, 4) is 0 Å². The number of hydrogen-bond donors (Lipinski definition) is 0. The number of rotatable bonds is 4. The molecule has 1 aromatic carbocycles. The Morgan fingerprint density at radius 2 is 1.96 bits per heavy atom. The summed E-state index contributed by atoms with van der Waals surface area (Å²) in [7, 11) is 0. The van der Waals surface area contributed by atoms with Gasteiger partial charge in [0.05, 0.1) is 11.8 Å². The van der Waals surface area contributed by atoms with E-state index in [4.69, 9.17) is 0 Å². The number of carbonyl (C=O) groups is 1. The van der Waals surface area contributed by atoms with Crippen LogP contribution in [0.25, 0.3) is 0 Å². The van der Waals surface area contributed by atoms with Crippen molar-refractivity contribution in [1.82, 2.24) is 19.7 Å². The summed E-state index contributed by atoms with van der Waals surface area (Å²) in [6, 6.07) is 7.54. The van der Waals surface area contributed by atoms with Crippen molar-refractivity contribution in [3.63, 3.8) is 0 Å². The molecule has 1 amide bonds. The van der Waals surface area contributed by atoms with Gasteiger partial charge >= 0.3 is 0 Å². The van der Waals surface area contributed by atoms with Crippen molar-refractivity contribution >= 4 is 11.6 Å². The summed E-state index contributed by atoms with van der Waals surface area (Å²) in [4.78, 5) is 19.2. The normalized spacial score (nSPS) is 17.2. The first-order valence-corrected chi connectivity index (χ1v) is 8.96. The summed E-state index contributed by atoms with van der Waals surface area (Å²) in [6.07, 6.45) is 0.799. The molecule has 3 rings (SSSR count). The minimum Gasteiger partial charge on any atom is -0.327 e. The van der Waals surface area contributed by atoms with Crippen molar-refractivity contribution in [2.24, 2.45) is 4.99 Å². The molecule has 0 radical (unpaired) electrons. The number of fused-ring (bicyclic) bond motifs is 1. The number of hydrogen-bond acceptors (Lipinski definition) is 4. The molecule has 6 heteroatoms. The topological polar surface area (TPSA) is 63.4 Å². The molecule has 1 unspecified atom stereocenters. The van der Waals surface area contributed by atoms with E-state index in [1.165, 1.54) is 0 Å². The molecule has 0 fully saturated rings. The Bertz CT molecular complexity index is 863. The lowest BCUT2D eigenvalue weighted by Gasteiger charge is -2.33. The molecule has 0 saturated heterocycles. The van der Waals surface area contributed by atoms with Gasteiger partial charge in [-0.2, -0.15) is 0 Å².